The van der Waals surface area contributed by atoms with Crippen LogP contribution in [0.1, 0.15) is 15.9 Å². The molecule has 6 rings (SSSR count). The van der Waals surface area contributed by atoms with Crippen molar-refractivity contribution in [3.63, 3.8) is 0 Å². The van der Waals surface area contributed by atoms with Crippen LogP contribution in [-0.2, 0) is 40.5 Å². The van der Waals surface area contributed by atoms with Crippen molar-refractivity contribution in [1.29, 1.82) is 0 Å². The van der Waals surface area contributed by atoms with Crippen molar-refractivity contribution >= 4 is 116 Å². The van der Waals surface area contributed by atoms with E-state index in [2.05, 4.69) is 40.9 Å². The number of nitrogens with one attached hydrogen (secondary N) is 3. The molecule has 4 aromatic carbocycles. The first-order chi connectivity index (χ1) is 27.9. The Morgan fingerprint density at radius 1 is 0.672 bits per heavy atom. The maximum Gasteiger partial charge on any atom is 1.00 e. The molecule has 23 nitrogen and oxygen atoms in total. The fourth-order valence-corrected chi connectivity index (χ4v) is 7.76. The molecule has 0 saturated heterocycles. The average molecular weight is 1010 g/mol. The minimum Gasteiger partial charge on any atom is -0.744 e. The number of nitrogen functional groups attached to an aromatic ring is 1. The van der Waals surface area contributed by atoms with Gasteiger partial charge in [-0.3, -0.25) is 10.2 Å². The van der Waals surface area contributed by atoms with Crippen LogP contribution in [0.2, 0.25) is 5.02 Å². The van der Waals surface area contributed by atoms with Crippen LogP contribution >= 0.6 is 11.6 Å². The van der Waals surface area contributed by atoms with E-state index in [1.807, 2.05) is 5.43 Å². The number of nitrogens with two attached hydrogens (primary N) is 1. The Kier molecular flexibility index (Phi) is 20.4. The van der Waals surface area contributed by atoms with Gasteiger partial charge in [-0.25, -0.2) is 33.7 Å². The van der Waals surface area contributed by atoms with E-state index < -0.39 is 112 Å². The number of Topliss-reactive ketones (excluding diaryl/α,β-unsaturated/α-hetero) is 1. The summed E-state index contributed by atoms with van der Waals surface area (Å²) in [5.41, 5.74) is 2.63. The van der Waals surface area contributed by atoms with E-state index in [4.69, 9.17) is 17.3 Å². The molecule has 0 atom stereocenters. The number of aromatic nitrogens is 3. The number of anilines is 6. The van der Waals surface area contributed by atoms with Crippen molar-refractivity contribution in [2.24, 2.45) is 15.3 Å². The minimum absolute atomic E-state index is 0. The molecular weight excluding hydrogens is 995 g/mol. The van der Waals surface area contributed by atoms with Gasteiger partial charge in [0.15, 0.2) is 0 Å². The summed E-state index contributed by atoms with van der Waals surface area (Å²) >= 11 is 5.96. The van der Waals surface area contributed by atoms with E-state index in [1.54, 1.807) is 18.2 Å². The Labute approximate surface area is 455 Å². The molecule has 5 aromatic rings. The van der Waals surface area contributed by atoms with E-state index in [0.29, 0.717) is 22.9 Å². The topological polar surface area (TPSA) is 384 Å². The Bertz CT molecular complexity index is 3210. The van der Waals surface area contributed by atoms with Crippen LogP contribution in [0.5, 0.6) is 0 Å². The van der Waals surface area contributed by atoms with Gasteiger partial charge in [0.2, 0.25) is 17.7 Å². The molecule has 0 saturated carbocycles. The smallest absolute Gasteiger partial charge is 0.744 e. The second-order valence-corrected chi connectivity index (χ2v) is 17.6. The van der Waals surface area contributed by atoms with E-state index in [0.717, 1.165) is 42.5 Å². The maximum absolute atomic E-state index is 14.4. The third kappa shape index (κ3) is 14.1. The SMILES string of the molecule is Nc1c(N=Nc2ccc(S(=O)(=O)[O-])cc2)c(S(=O)(=O)[O-])cc2c1C(=O)C(=NNc1cc(Nc3nc(F)nc(Nc4cccc(Cl)c4)n3)ccc1S(=O)(=O)[O-])C(S(=O)(=O)[O-])=C2.[Na+].[Na+].[Na+].[Na+]. The molecule has 0 radical (unpaired) electrons. The van der Waals surface area contributed by atoms with Crippen molar-refractivity contribution < 1.29 is 179 Å². The number of azo groups is 1. The number of hydrazone groups is 1. The largest absolute Gasteiger partial charge is 1.00 e. The van der Waals surface area contributed by atoms with Gasteiger partial charge < -0.3 is 34.6 Å². The summed E-state index contributed by atoms with van der Waals surface area (Å²) in [6.07, 6.45) is -0.855. The van der Waals surface area contributed by atoms with Crippen molar-refractivity contribution in [1.82, 2.24) is 15.0 Å². The van der Waals surface area contributed by atoms with E-state index >= 15 is 0 Å². The predicted octanol–water partition coefficient (Wildman–Crippen LogP) is -8.57. The monoisotopic (exact) mass is 1010 g/mol. The zero-order valence-corrected chi connectivity index (χ0v) is 45.0. The molecule has 5 N–H and O–H groups in total. The van der Waals surface area contributed by atoms with E-state index in [1.165, 1.54) is 6.07 Å². The third-order valence-electron chi connectivity index (χ3n) is 7.71. The molecule has 0 unspecified atom stereocenters. The maximum atomic E-state index is 14.4. The van der Waals surface area contributed by atoms with Gasteiger partial charge in [0.05, 0.1) is 42.2 Å². The van der Waals surface area contributed by atoms with Crippen LogP contribution in [0.4, 0.5) is 50.4 Å². The van der Waals surface area contributed by atoms with Crippen LogP contribution in [0.25, 0.3) is 6.08 Å². The minimum atomic E-state index is -5.73. The quantitative estimate of drug-likeness (QED) is 0.0296. The molecule has 64 heavy (non-hydrogen) atoms. The zero-order chi connectivity index (χ0) is 43.9. The number of hydrogen-bond acceptors (Lipinski definition) is 23. The van der Waals surface area contributed by atoms with Gasteiger partial charge in [0.1, 0.15) is 51.9 Å². The van der Waals surface area contributed by atoms with E-state index in [9.17, 15) is 61.1 Å². The van der Waals surface area contributed by atoms with Gasteiger partial charge in [0.25, 0.3) is 0 Å². The first-order valence-corrected chi connectivity index (χ1v) is 21.7. The summed E-state index contributed by atoms with van der Waals surface area (Å²) in [7, 11) is -21.6. The first-order valence-electron chi connectivity index (χ1n) is 15.7. The molecule has 33 heteroatoms. The normalized spacial score (nSPS) is 13.3. The van der Waals surface area contributed by atoms with Gasteiger partial charge in [-0.1, -0.05) is 17.7 Å². The number of fused-ring (bicyclic) bond motifs is 1. The van der Waals surface area contributed by atoms with Crippen LogP contribution in [0, 0.1) is 6.08 Å². The molecule has 312 valence electrons. The Morgan fingerprint density at radius 2 is 1.25 bits per heavy atom. The molecule has 1 heterocycles. The third-order valence-corrected chi connectivity index (χ3v) is 11.4. The number of ketones is 1. The van der Waals surface area contributed by atoms with Crippen LogP contribution in [-0.4, -0.2) is 78.3 Å². The molecule has 0 aliphatic heterocycles. The molecule has 0 bridgehead atoms. The second kappa shape index (κ2) is 22.6. The van der Waals surface area contributed by atoms with Crippen LogP contribution < -0.4 is 140 Å². The Balaban J connectivity index is 0.00000352. The summed E-state index contributed by atoms with van der Waals surface area (Å²) in [5.74, 6) is -2.33. The zero-order valence-electron chi connectivity index (χ0n) is 33.0. The standard InChI is InChI=1S/C31H22ClFN10O13S4.4Na/c32-15-2-1-3-17(12-15)35-30-37-29(33)38-31(39-30)36-18-6-9-21(58(48,49)50)20(13-18)41-43-27-23(60(54,55)56)11-14-10-22(59(51,52)53)26(25(34)24(14)28(27)44)42-40-16-4-7-19(8-5-16)57(45,46)47;;;;/h1-13,41H,34H2,(H,45,46,47)(H,48,49,50)(H,51,52,53)(H,54,55,56)(H2,35,36,37,38,39);;;;/q;4*+1/p-4. The van der Waals surface area contributed by atoms with E-state index in [-0.39, 0.29) is 136 Å². The van der Waals surface area contributed by atoms with Crippen LogP contribution in [0.15, 0.2) is 108 Å². The molecule has 0 fully saturated rings. The molecule has 0 amide bonds. The summed E-state index contributed by atoms with van der Waals surface area (Å²) in [4.78, 5) is 20.5. The fraction of sp³-hybridized carbons (Fsp3) is 0. The molecule has 0 spiro atoms. The average Bonchev–Trinajstić information content (AvgIpc) is 3.12. The number of rotatable bonds is 12. The number of hydrogen-bond donors (Lipinski definition) is 4. The second-order valence-electron chi connectivity index (χ2n) is 11.7. The first kappa shape index (κ1) is 57.8. The number of nitrogens with zero attached hydrogens (tertiary/aromatic N) is 6. The Morgan fingerprint density at radius 3 is 1.78 bits per heavy atom. The summed E-state index contributed by atoms with van der Waals surface area (Å²) in [6, 6.07) is 12.8. The fourth-order valence-electron chi connectivity index (χ4n) is 5.19. The van der Waals surface area contributed by atoms with Gasteiger partial charge in [-0.05, 0) is 78.4 Å². The van der Waals surface area contributed by atoms with Crippen molar-refractivity contribution in [3.05, 3.63) is 99.9 Å². The number of benzene rings is 4. The number of allylic oxidation sites excluding steroid dienone is 1. The summed E-state index contributed by atoms with van der Waals surface area (Å²) in [6.45, 7) is 0. The van der Waals surface area contributed by atoms with Gasteiger partial charge in [0, 0.05) is 16.4 Å². The van der Waals surface area contributed by atoms with Gasteiger partial charge in [-0.2, -0.15) is 29.6 Å². The number of carbonyl (C=O) groups is 1. The molecular formula is C31H18ClFN10Na4O13S4. The van der Waals surface area contributed by atoms with Crippen molar-refractivity contribution in [2.75, 3.05) is 21.8 Å². The van der Waals surface area contributed by atoms with Gasteiger partial charge >= 0.3 is 124 Å². The molecule has 1 aliphatic rings. The summed E-state index contributed by atoms with van der Waals surface area (Å²) in [5, 5.41) is 16.4. The number of carbonyl (C=O) groups excluding carboxylic acids is 1. The summed E-state index contributed by atoms with van der Waals surface area (Å²) < 4.78 is 159. The van der Waals surface area contributed by atoms with Gasteiger partial charge in [-0.15, -0.1) is 5.11 Å². The Hall–Kier alpha value is -2.37. The predicted molar refractivity (Wildman–Crippen MR) is 203 cm³/mol. The van der Waals surface area contributed by atoms with Crippen molar-refractivity contribution in [3.8, 4) is 0 Å². The van der Waals surface area contributed by atoms with Crippen LogP contribution in [0.3, 0.4) is 0 Å². The molecule has 1 aromatic heterocycles. The van der Waals surface area contributed by atoms with Crippen molar-refractivity contribution in [2.45, 2.75) is 14.7 Å². The number of halogens is 2. The molecule has 1 aliphatic carbocycles.